The van der Waals surface area contributed by atoms with E-state index in [1.165, 1.54) is 30.8 Å². The molecule has 0 bridgehead atoms. The van der Waals surface area contributed by atoms with Crippen molar-refractivity contribution in [1.29, 1.82) is 0 Å². The topological polar surface area (TPSA) is 67.7 Å². The summed E-state index contributed by atoms with van der Waals surface area (Å²) < 4.78 is 24.8. The molecule has 4 rings (SSSR count). The van der Waals surface area contributed by atoms with Crippen molar-refractivity contribution < 1.29 is 19.0 Å². The Morgan fingerprint density at radius 3 is 3.11 bits per heavy atom. The number of aromatic nitrogens is 2. The van der Waals surface area contributed by atoms with E-state index in [2.05, 4.69) is 14.9 Å². The normalized spacial score (nSPS) is 18.6. The number of hydrogen-bond acceptors (Lipinski definition) is 7. The molecule has 1 aliphatic heterocycles. The number of aliphatic hydroxyl groups is 1. The SMILES string of the molecule is COc1cc2c(N3CCOCC3CC(O)c3cccs3)ncnc2cc1F. The van der Waals surface area contributed by atoms with Gasteiger partial charge in [0.25, 0.3) is 0 Å². The van der Waals surface area contributed by atoms with E-state index in [-0.39, 0.29) is 11.8 Å². The Hall–Kier alpha value is -2.29. The highest BCUT2D eigenvalue weighted by Crippen LogP contribution is 2.33. The lowest BCUT2D eigenvalue weighted by atomic mass is 10.0. The predicted molar refractivity (Wildman–Crippen MR) is 102 cm³/mol. The van der Waals surface area contributed by atoms with Crippen molar-refractivity contribution in [2.24, 2.45) is 0 Å². The molecule has 3 heterocycles. The molecule has 1 aliphatic rings. The van der Waals surface area contributed by atoms with Gasteiger partial charge >= 0.3 is 0 Å². The lowest BCUT2D eigenvalue weighted by Crippen LogP contribution is -2.46. The minimum Gasteiger partial charge on any atom is -0.494 e. The van der Waals surface area contributed by atoms with Gasteiger partial charge in [0.1, 0.15) is 12.1 Å². The number of anilines is 1. The maximum absolute atomic E-state index is 14.0. The summed E-state index contributed by atoms with van der Waals surface area (Å²) in [5.74, 6) is 0.397. The molecule has 1 fully saturated rings. The van der Waals surface area contributed by atoms with Gasteiger partial charge in [-0.25, -0.2) is 14.4 Å². The first kappa shape index (κ1) is 18.1. The molecule has 0 saturated carbocycles. The van der Waals surface area contributed by atoms with Gasteiger partial charge in [0, 0.05) is 29.3 Å². The predicted octanol–water partition coefficient (Wildman–Crippen LogP) is 3.17. The number of rotatable bonds is 5. The fourth-order valence-corrected chi connectivity index (χ4v) is 4.14. The molecule has 1 aromatic carbocycles. The van der Waals surface area contributed by atoms with Crippen LogP contribution in [-0.4, -0.2) is 48.0 Å². The van der Waals surface area contributed by atoms with Crippen LogP contribution in [0, 0.1) is 5.82 Å². The number of nitrogens with zero attached hydrogens (tertiary/aromatic N) is 3. The van der Waals surface area contributed by atoms with Gasteiger partial charge in [-0.3, -0.25) is 0 Å². The van der Waals surface area contributed by atoms with Gasteiger partial charge in [-0.1, -0.05) is 6.07 Å². The van der Waals surface area contributed by atoms with Crippen LogP contribution in [0.4, 0.5) is 10.2 Å². The van der Waals surface area contributed by atoms with Crippen LogP contribution in [0.25, 0.3) is 10.9 Å². The number of halogens is 1. The maximum atomic E-state index is 14.0. The summed E-state index contributed by atoms with van der Waals surface area (Å²) in [4.78, 5) is 11.7. The fraction of sp³-hybridized carbons (Fsp3) is 0.368. The molecule has 142 valence electrons. The Morgan fingerprint density at radius 2 is 2.33 bits per heavy atom. The molecule has 6 nitrogen and oxygen atoms in total. The van der Waals surface area contributed by atoms with Crippen LogP contribution in [0.3, 0.4) is 0 Å². The Bertz CT molecular complexity index is 922. The first-order valence-corrected chi connectivity index (χ1v) is 9.59. The van der Waals surface area contributed by atoms with Gasteiger partial charge < -0.3 is 19.5 Å². The minimum atomic E-state index is -0.570. The highest BCUT2D eigenvalue weighted by Gasteiger charge is 2.29. The molecule has 0 radical (unpaired) electrons. The van der Waals surface area contributed by atoms with Gasteiger partial charge in [-0.15, -0.1) is 11.3 Å². The van der Waals surface area contributed by atoms with Crippen molar-refractivity contribution >= 4 is 28.1 Å². The maximum Gasteiger partial charge on any atom is 0.167 e. The second-order valence-corrected chi connectivity index (χ2v) is 7.37. The van der Waals surface area contributed by atoms with Crippen LogP contribution in [0.15, 0.2) is 36.0 Å². The standard InChI is InChI=1S/C19H20FN3O3S/c1-25-17-8-13-15(9-14(17)20)21-11-22-19(13)23-4-5-26-10-12(23)7-16(24)18-3-2-6-27-18/h2-3,6,8-9,11-12,16,24H,4-5,7,10H2,1H3. The van der Waals surface area contributed by atoms with Gasteiger partial charge in [0.15, 0.2) is 11.6 Å². The van der Waals surface area contributed by atoms with E-state index in [0.717, 1.165) is 4.88 Å². The Morgan fingerprint density at radius 1 is 1.44 bits per heavy atom. The van der Waals surface area contributed by atoms with Gasteiger partial charge in [-0.05, 0) is 17.5 Å². The molecule has 2 aromatic heterocycles. The van der Waals surface area contributed by atoms with Crippen molar-refractivity contribution in [3.05, 3.63) is 46.7 Å². The second kappa shape index (κ2) is 7.75. The van der Waals surface area contributed by atoms with E-state index in [4.69, 9.17) is 9.47 Å². The Labute approximate surface area is 160 Å². The zero-order valence-electron chi connectivity index (χ0n) is 14.8. The molecular formula is C19H20FN3O3S. The van der Waals surface area contributed by atoms with Crippen molar-refractivity contribution in [1.82, 2.24) is 9.97 Å². The number of benzene rings is 1. The third kappa shape index (κ3) is 3.60. The fourth-order valence-electron chi connectivity index (χ4n) is 3.41. The molecule has 8 heteroatoms. The molecular weight excluding hydrogens is 369 g/mol. The number of aliphatic hydroxyl groups excluding tert-OH is 1. The number of hydrogen-bond donors (Lipinski definition) is 1. The minimum absolute atomic E-state index is 0.0509. The van der Waals surface area contributed by atoms with Crippen LogP contribution in [0.2, 0.25) is 0 Å². The first-order valence-electron chi connectivity index (χ1n) is 8.71. The van der Waals surface area contributed by atoms with E-state index in [1.54, 1.807) is 6.07 Å². The summed E-state index contributed by atoms with van der Waals surface area (Å²) in [6, 6.07) is 6.79. The lowest BCUT2D eigenvalue weighted by molar-refractivity contribution is 0.0686. The van der Waals surface area contributed by atoms with Gasteiger partial charge in [-0.2, -0.15) is 0 Å². The van der Waals surface area contributed by atoms with Crippen LogP contribution < -0.4 is 9.64 Å². The zero-order valence-corrected chi connectivity index (χ0v) is 15.7. The van der Waals surface area contributed by atoms with Crippen LogP contribution >= 0.6 is 11.3 Å². The largest absolute Gasteiger partial charge is 0.494 e. The van der Waals surface area contributed by atoms with Crippen LogP contribution in [0.1, 0.15) is 17.4 Å². The smallest absolute Gasteiger partial charge is 0.167 e. The monoisotopic (exact) mass is 389 g/mol. The lowest BCUT2D eigenvalue weighted by Gasteiger charge is -2.37. The molecule has 1 saturated heterocycles. The summed E-state index contributed by atoms with van der Waals surface area (Å²) in [5.41, 5.74) is 0.516. The molecule has 3 aromatic rings. The molecule has 2 atom stereocenters. The van der Waals surface area contributed by atoms with E-state index in [0.29, 0.717) is 42.9 Å². The molecule has 27 heavy (non-hydrogen) atoms. The summed E-state index contributed by atoms with van der Waals surface area (Å²) in [7, 11) is 1.43. The number of fused-ring (bicyclic) bond motifs is 1. The summed E-state index contributed by atoms with van der Waals surface area (Å²) in [6.07, 6.45) is 1.38. The van der Waals surface area contributed by atoms with Crippen LogP contribution in [0.5, 0.6) is 5.75 Å². The molecule has 1 N–H and O–H groups in total. The van der Waals surface area contributed by atoms with Gasteiger partial charge in [0.2, 0.25) is 0 Å². The summed E-state index contributed by atoms with van der Waals surface area (Å²) in [5, 5.41) is 13.3. The average Bonchev–Trinajstić information content (AvgIpc) is 3.22. The van der Waals surface area contributed by atoms with Crippen molar-refractivity contribution in [2.45, 2.75) is 18.6 Å². The van der Waals surface area contributed by atoms with Gasteiger partial charge in [0.05, 0.1) is 38.0 Å². The number of ether oxygens (including phenoxy) is 2. The van der Waals surface area contributed by atoms with E-state index in [9.17, 15) is 9.50 Å². The van der Waals surface area contributed by atoms with Crippen molar-refractivity contribution in [3.8, 4) is 5.75 Å². The third-order valence-electron chi connectivity index (χ3n) is 4.75. The highest BCUT2D eigenvalue weighted by atomic mass is 32.1. The Kier molecular flexibility index (Phi) is 5.20. The Balaban J connectivity index is 1.69. The van der Waals surface area contributed by atoms with E-state index in [1.807, 2.05) is 17.5 Å². The highest BCUT2D eigenvalue weighted by molar-refractivity contribution is 7.10. The summed E-state index contributed by atoms with van der Waals surface area (Å²) >= 11 is 1.53. The third-order valence-corrected chi connectivity index (χ3v) is 5.73. The van der Waals surface area contributed by atoms with Crippen LogP contribution in [-0.2, 0) is 4.74 Å². The van der Waals surface area contributed by atoms with E-state index >= 15 is 0 Å². The molecule has 2 unspecified atom stereocenters. The average molecular weight is 389 g/mol. The van der Waals surface area contributed by atoms with Crippen molar-refractivity contribution in [2.75, 3.05) is 31.8 Å². The molecule has 0 amide bonds. The molecule has 0 aliphatic carbocycles. The zero-order chi connectivity index (χ0) is 18.8. The van der Waals surface area contributed by atoms with Crippen molar-refractivity contribution in [3.63, 3.8) is 0 Å². The van der Waals surface area contributed by atoms with E-state index < -0.39 is 11.9 Å². The number of thiophene rings is 1. The number of methoxy groups -OCH3 is 1. The summed E-state index contributed by atoms with van der Waals surface area (Å²) in [6.45, 7) is 1.69. The molecule has 0 spiro atoms. The quantitative estimate of drug-likeness (QED) is 0.723. The number of morpholine rings is 1. The second-order valence-electron chi connectivity index (χ2n) is 6.39. The first-order chi connectivity index (χ1) is 13.2.